The zero-order valence-corrected chi connectivity index (χ0v) is 16.0. The Bertz CT molecular complexity index is 878. The van der Waals surface area contributed by atoms with Crippen LogP contribution in [-0.4, -0.2) is 35.4 Å². The van der Waals surface area contributed by atoms with E-state index in [1.165, 1.54) is 6.92 Å². The normalized spacial score (nSPS) is 16.9. The molecule has 1 aliphatic rings. The van der Waals surface area contributed by atoms with Crippen molar-refractivity contribution in [3.8, 4) is 6.07 Å². The highest BCUT2D eigenvalue weighted by molar-refractivity contribution is 7.99. The SMILES string of the molecule is CCOC(=O)C1=C(CSc2nc(C)cc(C(F)(F)F)c2C#N)NC(=O)NC1C. The van der Waals surface area contributed by atoms with Gasteiger partial charge in [-0.15, -0.1) is 0 Å². The van der Waals surface area contributed by atoms with E-state index in [2.05, 4.69) is 15.6 Å². The maximum atomic E-state index is 13.2. The number of thioether (sulfide) groups is 1. The molecule has 0 radical (unpaired) electrons. The smallest absolute Gasteiger partial charge is 0.417 e. The molecule has 1 atom stereocenters. The van der Waals surface area contributed by atoms with E-state index < -0.39 is 35.3 Å². The van der Waals surface area contributed by atoms with Gasteiger partial charge in [0.25, 0.3) is 0 Å². The van der Waals surface area contributed by atoms with Crippen molar-refractivity contribution in [2.75, 3.05) is 12.4 Å². The van der Waals surface area contributed by atoms with Gasteiger partial charge in [-0.25, -0.2) is 14.6 Å². The number of nitriles is 1. The van der Waals surface area contributed by atoms with Crippen molar-refractivity contribution >= 4 is 23.8 Å². The van der Waals surface area contributed by atoms with Crippen LogP contribution in [0.1, 0.15) is 30.7 Å². The fraction of sp³-hybridized carbons (Fsp3) is 0.412. The minimum absolute atomic E-state index is 0.0751. The van der Waals surface area contributed by atoms with Gasteiger partial charge in [-0.05, 0) is 26.8 Å². The molecule has 0 fully saturated rings. The van der Waals surface area contributed by atoms with Gasteiger partial charge in [0.2, 0.25) is 0 Å². The molecule has 0 spiro atoms. The van der Waals surface area contributed by atoms with Gasteiger partial charge in [-0.1, -0.05) is 11.8 Å². The van der Waals surface area contributed by atoms with Crippen LogP contribution >= 0.6 is 11.8 Å². The molecule has 0 aromatic carbocycles. The van der Waals surface area contributed by atoms with Crippen molar-refractivity contribution in [2.45, 2.75) is 38.0 Å². The Morgan fingerprint density at radius 2 is 2.14 bits per heavy atom. The number of ether oxygens (including phenoxy) is 1. The number of esters is 1. The standard InChI is InChI=1S/C17H17F3N4O3S/c1-4-27-15(25)13-9(3)23-16(26)24-12(13)7-28-14-10(6-21)11(17(18,19)20)5-8(2)22-14/h5,9H,4,7H2,1-3H3,(H2,23,24,26). The van der Waals surface area contributed by atoms with Crippen LogP contribution < -0.4 is 10.6 Å². The maximum absolute atomic E-state index is 13.2. The van der Waals surface area contributed by atoms with Crippen LogP contribution in [0, 0.1) is 18.3 Å². The molecule has 0 aliphatic carbocycles. The zero-order chi connectivity index (χ0) is 21.1. The van der Waals surface area contributed by atoms with Gasteiger partial charge in [0, 0.05) is 17.1 Å². The monoisotopic (exact) mass is 414 g/mol. The number of halogens is 3. The second-order valence-corrected chi connectivity index (χ2v) is 6.79. The summed E-state index contributed by atoms with van der Waals surface area (Å²) in [5.74, 6) is -0.722. The average Bonchev–Trinajstić information content (AvgIpc) is 2.58. The third kappa shape index (κ3) is 4.75. The number of nitrogens with zero attached hydrogens (tertiary/aromatic N) is 2. The quantitative estimate of drug-likeness (QED) is 0.567. The first-order valence-corrected chi connectivity index (χ1v) is 9.16. The third-order valence-corrected chi connectivity index (χ3v) is 4.75. The number of rotatable bonds is 5. The number of nitrogens with one attached hydrogen (secondary N) is 2. The van der Waals surface area contributed by atoms with Crippen LogP contribution in [0.4, 0.5) is 18.0 Å². The van der Waals surface area contributed by atoms with Crippen LogP contribution in [0.3, 0.4) is 0 Å². The molecule has 2 amide bonds. The molecule has 7 nitrogen and oxygen atoms in total. The number of carbonyl (C=O) groups is 2. The van der Waals surface area contributed by atoms with E-state index in [9.17, 15) is 28.0 Å². The first-order valence-electron chi connectivity index (χ1n) is 8.17. The molecule has 28 heavy (non-hydrogen) atoms. The van der Waals surface area contributed by atoms with E-state index in [0.29, 0.717) is 0 Å². The number of amides is 2. The zero-order valence-electron chi connectivity index (χ0n) is 15.2. The van der Waals surface area contributed by atoms with Crippen molar-refractivity contribution in [1.82, 2.24) is 15.6 Å². The summed E-state index contributed by atoms with van der Waals surface area (Å²) in [6.45, 7) is 4.72. The highest BCUT2D eigenvalue weighted by Gasteiger charge is 2.36. The molecule has 0 saturated carbocycles. The molecule has 11 heteroatoms. The van der Waals surface area contributed by atoms with Crippen molar-refractivity contribution in [3.63, 3.8) is 0 Å². The minimum Gasteiger partial charge on any atom is -0.463 e. The van der Waals surface area contributed by atoms with Crippen LogP contribution in [-0.2, 0) is 15.7 Å². The lowest BCUT2D eigenvalue weighted by Gasteiger charge is -2.26. The first-order chi connectivity index (χ1) is 13.1. The highest BCUT2D eigenvalue weighted by Crippen LogP contribution is 2.36. The van der Waals surface area contributed by atoms with E-state index in [1.807, 2.05) is 0 Å². The molecule has 1 aromatic rings. The fourth-order valence-electron chi connectivity index (χ4n) is 2.61. The molecular formula is C17H17F3N4O3S. The lowest BCUT2D eigenvalue weighted by atomic mass is 10.1. The lowest BCUT2D eigenvalue weighted by Crippen LogP contribution is -2.49. The summed E-state index contributed by atoms with van der Waals surface area (Å²) < 4.78 is 44.6. The second-order valence-electron chi connectivity index (χ2n) is 5.82. The number of hydrogen-bond acceptors (Lipinski definition) is 6. The summed E-state index contributed by atoms with van der Waals surface area (Å²) in [4.78, 5) is 28.0. The van der Waals surface area contributed by atoms with E-state index in [1.54, 1.807) is 19.9 Å². The summed E-state index contributed by atoms with van der Waals surface area (Å²) in [5, 5.41) is 14.1. The second kappa shape index (κ2) is 8.52. The Morgan fingerprint density at radius 1 is 1.46 bits per heavy atom. The van der Waals surface area contributed by atoms with Crippen LogP contribution in [0.2, 0.25) is 0 Å². The summed E-state index contributed by atoms with van der Waals surface area (Å²) in [6.07, 6.45) is -4.71. The van der Waals surface area contributed by atoms with Gasteiger partial charge in [-0.3, -0.25) is 0 Å². The van der Waals surface area contributed by atoms with Gasteiger partial charge in [-0.2, -0.15) is 18.4 Å². The molecule has 1 unspecified atom stereocenters. The number of carbonyl (C=O) groups excluding carboxylic acids is 2. The van der Waals surface area contributed by atoms with Gasteiger partial charge in [0.15, 0.2) is 0 Å². The van der Waals surface area contributed by atoms with E-state index >= 15 is 0 Å². The topological polar surface area (TPSA) is 104 Å². The van der Waals surface area contributed by atoms with E-state index in [0.717, 1.165) is 17.8 Å². The number of hydrogen-bond donors (Lipinski definition) is 2. The summed E-state index contributed by atoms with van der Waals surface area (Å²) in [7, 11) is 0. The van der Waals surface area contributed by atoms with Gasteiger partial charge >= 0.3 is 18.2 Å². The van der Waals surface area contributed by atoms with Crippen molar-refractivity contribution in [2.24, 2.45) is 0 Å². The molecule has 2 N–H and O–H groups in total. The Labute approximate surface area is 163 Å². The third-order valence-electron chi connectivity index (χ3n) is 3.75. The molecule has 2 rings (SSSR count). The Balaban J connectivity index is 2.42. The van der Waals surface area contributed by atoms with Gasteiger partial charge < -0.3 is 15.4 Å². The van der Waals surface area contributed by atoms with Crippen molar-refractivity contribution in [3.05, 3.63) is 34.2 Å². The molecule has 0 saturated heterocycles. The number of urea groups is 1. The minimum atomic E-state index is -4.71. The summed E-state index contributed by atoms with van der Waals surface area (Å²) in [5.41, 5.74) is -1.23. The highest BCUT2D eigenvalue weighted by atomic mass is 32.2. The first kappa shape index (κ1) is 21.6. The Morgan fingerprint density at radius 3 is 2.71 bits per heavy atom. The molecular weight excluding hydrogens is 397 g/mol. The Kier molecular flexibility index (Phi) is 6.56. The number of aryl methyl sites for hydroxylation is 1. The maximum Gasteiger partial charge on any atom is 0.417 e. The summed E-state index contributed by atoms with van der Waals surface area (Å²) >= 11 is 0.824. The largest absolute Gasteiger partial charge is 0.463 e. The van der Waals surface area contributed by atoms with E-state index in [4.69, 9.17) is 4.74 Å². The number of pyridine rings is 1. The van der Waals surface area contributed by atoms with Crippen LogP contribution in [0.25, 0.3) is 0 Å². The molecule has 150 valence electrons. The van der Waals surface area contributed by atoms with E-state index in [-0.39, 0.29) is 34.3 Å². The molecule has 0 bridgehead atoms. The summed E-state index contributed by atoms with van der Waals surface area (Å²) in [6, 6.07) is 1.16. The lowest BCUT2D eigenvalue weighted by molar-refractivity contribution is -0.139. The average molecular weight is 414 g/mol. The number of alkyl halides is 3. The molecule has 1 aliphatic heterocycles. The van der Waals surface area contributed by atoms with Gasteiger partial charge in [0.1, 0.15) is 11.1 Å². The van der Waals surface area contributed by atoms with Crippen molar-refractivity contribution < 1.29 is 27.5 Å². The number of aromatic nitrogens is 1. The van der Waals surface area contributed by atoms with Crippen LogP contribution in [0.5, 0.6) is 0 Å². The van der Waals surface area contributed by atoms with Crippen molar-refractivity contribution in [1.29, 1.82) is 5.26 Å². The predicted molar refractivity (Wildman–Crippen MR) is 94.2 cm³/mol. The Hall–Kier alpha value is -2.74. The molecule has 1 aromatic heterocycles. The fourth-order valence-corrected chi connectivity index (χ4v) is 3.63. The molecule has 2 heterocycles. The van der Waals surface area contributed by atoms with Gasteiger partial charge in [0.05, 0.1) is 29.3 Å². The van der Waals surface area contributed by atoms with Crippen LogP contribution in [0.15, 0.2) is 22.4 Å². The predicted octanol–water partition coefficient (Wildman–Crippen LogP) is 2.89.